The highest BCUT2D eigenvalue weighted by Gasteiger charge is 2.34. The zero-order chi connectivity index (χ0) is 22.8. The molecule has 160 valence electrons. The number of nitro groups is 1. The van der Waals surface area contributed by atoms with Gasteiger partial charge in [-0.25, -0.2) is 4.99 Å². The summed E-state index contributed by atoms with van der Waals surface area (Å²) in [7, 11) is 3.89. The molecule has 1 amide bonds. The van der Waals surface area contributed by atoms with Crippen LogP contribution >= 0.6 is 0 Å². The molecule has 8 heteroatoms. The SMILES string of the molecule is CN(C)c1ccc(/C=C2/N=C(c3ccccc3)N(c3ccc([N+](=O)[O-])cc3O)C2=O)cc1. The van der Waals surface area contributed by atoms with Crippen molar-refractivity contribution in [2.45, 2.75) is 0 Å². The molecule has 8 nitrogen and oxygen atoms in total. The van der Waals surface area contributed by atoms with E-state index in [-0.39, 0.29) is 22.8 Å². The van der Waals surface area contributed by atoms with Gasteiger partial charge in [0.05, 0.1) is 16.7 Å². The van der Waals surface area contributed by atoms with Gasteiger partial charge in [-0.05, 0) is 29.8 Å². The predicted molar refractivity (Wildman–Crippen MR) is 124 cm³/mol. The zero-order valence-corrected chi connectivity index (χ0v) is 17.5. The first-order valence-corrected chi connectivity index (χ1v) is 9.80. The molecule has 3 aromatic rings. The number of benzene rings is 3. The number of anilines is 2. The minimum Gasteiger partial charge on any atom is -0.505 e. The van der Waals surface area contributed by atoms with Gasteiger partial charge in [-0.15, -0.1) is 0 Å². The second kappa shape index (κ2) is 8.35. The van der Waals surface area contributed by atoms with E-state index in [0.29, 0.717) is 11.4 Å². The van der Waals surface area contributed by atoms with Crippen LogP contribution < -0.4 is 9.80 Å². The number of hydrogen-bond acceptors (Lipinski definition) is 6. The van der Waals surface area contributed by atoms with Gasteiger partial charge in [-0.2, -0.15) is 0 Å². The highest BCUT2D eigenvalue weighted by atomic mass is 16.6. The molecule has 1 aliphatic rings. The summed E-state index contributed by atoms with van der Waals surface area (Å²) in [6.07, 6.45) is 1.67. The molecule has 1 heterocycles. The van der Waals surface area contributed by atoms with Gasteiger partial charge in [0.15, 0.2) is 0 Å². The predicted octanol–water partition coefficient (Wildman–Crippen LogP) is 4.20. The van der Waals surface area contributed by atoms with Crippen LogP contribution in [0.2, 0.25) is 0 Å². The molecule has 0 spiro atoms. The average Bonchev–Trinajstić information content (AvgIpc) is 3.10. The van der Waals surface area contributed by atoms with Crippen LogP contribution in [0.15, 0.2) is 83.5 Å². The fraction of sp³-hybridized carbons (Fsp3) is 0.0833. The van der Waals surface area contributed by atoms with Crippen molar-refractivity contribution in [3.8, 4) is 5.75 Å². The van der Waals surface area contributed by atoms with Crippen molar-refractivity contribution in [2.75, 3.05) is 23.9 Å². The number of amidine groups is 1. The standard InChI is InChI=1S/C24H20N4O4/c1-26(2)18-10-8-16(9-11-18)14-20-24(30)27(23(25-20)17-6-4-3-5-7-17)21-13-12-19(28(31)32)15-22(21)29/h3-15,29H,1-2H3/b20-14+. The van der Waals surface area contributed by atoms with E-state index in [2.05, 4.69) is 4.99 Å². The topological polar surface area (TPSA) is 99.3 Å². The fourth-order valence-corrected chi connectivity index (χ4v) is 3.36. The normalized spacial score (nSPS) is 14.6. The Hall–Kier alpha value is -4.46. The summed E-state index contributed by atoms with van der Waals surface area (Å²) in [4.78, 5) is 31.6. The molecule has 0 atom stereocenters. The number of aromatic hydroxyl groups is 1. The highest BCUT2D eigenvalue weighted by Crippen LogP contribution is 2.36. The van der Waals surface area contributed by atoms with Crippen LogP contribution in [0.1, 0.15) is 11.1 Å². The van der Waals surface area contributed by atoms with E-state index in [1.807, 2.05) is 61.5 Å². The summed E-state index contributed by atoms with van der Waals surface area (Å²) in [6.45, 7) is 0. The molecule has 1 N–H and O–H groups in total. The van der Waals surface area contributed by atoms with Gasteiger partial charge in [0, 0.05) is 31.4 Å². The van der Waals surface area contributed by atoms with Crippen molar-refractivity contribution in [3.63, 3.8) is 0 Å². The summed E-state index contributed by atoms with van der Waals surface area (Å²) in [6, 6.07) is 20.3. The monoisotopic (exact) mass is 428 g/mol. The summed E-state index contributed by atoms with van der Waals surface area (Å²) >= 11 is 0. The Bertz CT molecular complexity index is 1250. The maximum atomic E-state index is 13.3. The Morgan fingerprint density at radius 2 is 1.72 bits per heavy atom. The van der Waals surface area contributed by atoms with Gasteiger partial charge in [0.2, 0.25) is 0 Å². The van der Waals surface area contributed by atoms with Crippen LogP contribution in [0.5, 0.6) is 5.75 Å². The molecule has 32 heavy (non-hydrogen) atoms. The maximum Gasteiger partial charge on any atom is 0.282 e. The second-order valence-corrected chi connectivity index (χ2v) is 7.39. The molecule has 0 saturated heterocycles. The number of nitro benzene ring substituents is 1. The summed E-state index contributed by atoms with van der Waals surface area (Å²) in [5, 5.41) is 21.5. The number of phenolic OH excluding ortho intramolecular Hbond substituents is 1. The van der Waals surface area contributed by atoms with E-state index in [0.717, 1.165) is 17.3 Å². The lowest BCUT2D eigenvalue weighted by Gasteiger charge is -2.19. The Labute approximate surface area is 184 Å². The number of rotatable bonds is 5. The van der Waals surface area contributed by atoms with Crippen molar-refractivity contribution in [1.82, 2.24) is 0 Å². The first kappa shape index (κ1) is 20.8. The van der Waals surface area contributed by atoms with Crippen LogP contribution in [0.3, 0.4) is 0 Å². The van der Waals surface area contributed by atoms with Gasteiger partial charge in [-0.1, -0.05) is 42.5 Å². The molecule has 0 radical (unpaired) electrons. The number of aliphatic imine (C=N–C) groups is 1. The first-order chi connectivity index (χ1) is 15.3. The molecular formula is C24H20N4O4. The van der Waals surface area contributed by atoms with Gasteiger partial charge < -0.3 is 10.0 Å². The molecule has 0 unspecified atom stereocenters. The molecule has 1 aliphatic heterocycles. The number of hydrogen-bond donors (Lipinski definition) is 1. The molecule has 0 aliphatic carbocycles. The van der Waals surface area contributed by atoms with Crippen LogP contribution in [0, 0.1) is 10.1 Å². The number of carbonyl (C=O) groups excluding carboxylic acids is 1. The Morgan fingerprint density at radius 1 is 1.03 bits per heavy atom. The van der Waals surface area contributed by atoms with Gasteiger partial charge >= 0.3 is 0 Å². The third kappa shape index (κ3) is 3.93. The lowest BCUT2D eigenvalue weighted by Crippen LogP contribution is -2.32. The van der Waals surface area contributed by atoms with Gasteiger partial charge in [0.1, 0.15) is 17.3 Å². The van der Waals surface area contributed by atoms with Crippen LogP contribution in [0.25, 0.3) is 6.08 Å². The minimum absolute atomic E-state index is 0.120. The number of nitrogens with zero attached hydrogens (tertiary/aromatic N) is 4. The lowest BCUT2D eigenvalue weighted by molar-refractivity contribution is -0.384. The van der Waals surface area contributed by atoms with E-state index in [4.69, 9.17) is 0 Å². The molecule has 0 saturated carbocycles. The van der Waals surface area contributed by atoms with Crippen molar-refractivity contribution in [1.29, 1.82) is 0 Å². The van der Waals surface area contributed by atoms with Gasteiger partial charge in [-0.3, -0.25) is 19.8 Å². The number of amides is 1. The van der Waals surface area contributed by atoms with E-state index in [1.54, 1.807) is 18.2 Å². The van der Waals surface area contributed by atoms with Crippen molar-refractivity contribution >= 4 is 34.9 Å². The van der Waals surface area contributed by atoms with E-state index < -0.39 is 10.8 Å². The fourth-order valence-electron chi connectivity index (χ4n) is 3.36. The third-order valence-corrected chi connectivity index (χ3v) is 5.02. The molecule has 3 aromatic carbocycles. The van der Waals surface area contributed by atoms with Crippen molar-refractivity contribution in [2.24, 2.45) is 4.99 Å². The molecule has 0 fully saturated rings. The Morgan fingerprint density at radius 3 is 2.31 bits per heavy atom. The molecular weight excluding hydrogens is 408 g/mol. The van der Waals surface area contributed by atoms with Crippen molar-refractivity contribution < 1.29 is 14.8 Å². The van der Waals surface area contributed by atoms with Crippen LogP contribution in [-0.2, 0) is 4.79 Å². The zero-order valence-electron chi connectivity index (χ0n) is 17.5. The number of non-ortho nitro benzene ring substituents is 1. The minimum atomic E-state index is -0.607. The summed E-state index contributed by atoms with van der Waals surface area (Å²) < 4.78 is 0. The average molecular weight is 428 g/mol. The van der Waals surface area contributed by atoms with E-state index in [1.165, 1.54) is 17.0 Å². The lowest BCUT2D eigenvalue weighted by atomic mass is 10.1. The van der Waals surface area contributed by atoms with Crippen LogP contribution in [-0.4, -0.2) is 35.9 Å². The summed E-state index contributed by atoms with van der Waals surface area (Å²) in [5.41, 5.74) is 2.53. The highest BCUT2D eigenvalue weighted by molar-refractivity contribution is 6.33. The molecule has 0 bridgehead atoms. The quantitative estimate of drug-likeness (QED) is 0.373. The van der Waals surface area contributed by atoms with Gasteiger partial charge in [0.25, 0.3) is 11.6 Å². The van der Waals surface area contributed by atoms with E-state index >= 15 is 0 Å². The number of phenols is 1. The Balaban J connectivity index is 1.79. The smallest absolute Gasteiger partial charge is 0.282 e. The second-order valence-electron chi connectivity index (χ2n) is 7.39. The maximum absolute atomic E-state index is 13.3. The third-order valence-electron chi connectivity index (χ3n) is 5.02. The first-order valence-electron chi connectivity index (χ1n) is 9.80. The largest absolute Gasteiger partial charge is 0.505 e. The molecule has 4 rings (SSSR count). The number of carbonyl (C=O) groups is 1. The Kier molecular flexibility index (Phi) is 5.43. The van der Waals surface area contributed by atoms with E-state index in [9.17, 15) is 20.0 Å². The van der Waals surface area contributed by atoms with Crippen molar-refractivity contribution in [3.05, 3.63) is 99.7 Å². The van der Waals surface area contributed by atoms with Crippen LogP contribution in [0.4, 0.5) is 17.1 Å². The molecule has 0 aromatic heterocycles. The summed E-state index contributed by atoms with van der Waals surface area (Å²) in [5.74, 6) is -0.492.